The Balaban J connectivity index is 1.69. The molecule has 0 radical (unpaired) electrons. The third-order valence-electron chi connectivity index (χ3n) is 4.63. The molecule has 8 heteroatoms. The molecule has 1 heterocycles. The maximum Gasteiger partial charge on any atom is 0.329 e. The fourth-order valence-electron chi connectivity index (χ4n) is 3.20. The number of amides is 1. The Hall–Kier alpha value is -2.57. The van der Waals surface area contributed by atoms with Gasteiger partial charge in [0.1, 0.15) is 11.9 Å². The van der Waals surface area contributed by atoms with E-state index in [0.717, 1.165) is 5.39 Å². The van der Waals surface area contributed by atoms with Gasteiger partial charge in [0.15, 0.2) is 0 Å². The average Bonchev–Trinajstić information content (AvgIpc) is 3.08. The fraction of sp³-hybridized carbons (Fsp3) is 0.273. The van der Waals surface area contributed by atoms with Crippen LogP contribution in [0.3, 0.4) is 0 Å². The van der Waals surface area contributed by atoms with Crippen LogP contribution in [-0.4, -0.2) is 29.5 Å². The van der Waals surface area contributed by atoms with Crippen LogP contribution in [0.2, 0.25) is 10.0 Å². The molecule has 0 spiro atoms. The molecule has 2 N–H and O–H groups in total. The number of halogens is 3. The van der Waals surface area contributed by atoms with Gasteiger partial charge >= 0.3 is 5.97 Å². The van der Waals surface area contributed by atoms with Crippen LogP contribution in [0.1, 0.15) is 24.6 Å². The lowest BCUT2D eigenvalue weighted by atomic mass is 10.1. The largest absolute Gasteiger partial charge is 0.464 e. The van der Waals surface area contributed by atoms with Crippen molar-refractivity contribution in [3.05, 3.63) is 69.6 Å². The molecule has 1 unspecified atom stereocenters. The number of carbonyl (C=O) groups excluding carboxylic acids is 2. The van der Waals surface area contributed by atoms with Gasteiger partial charge in [-0.2, -0.15) is 0 Å². The van der Waals surface area contributed by atoms with Gasteiger partial charge in [-0.3, -0.25) is 4.79 Å². The van der Waals surface area contributed by atoms with E-state index in [1.54, 1.807) is 31.2 Å². The number of ether oxygens (including phenoxy) is 1. The molecule has 2 aromatic carbocycles. The van der Waals surface area contributed by atoms with E-state index in [1.165, 1.54) is 12.1 Å². The number of H-pyrrole nitrogens is 1. The number of esters is 1. The van der Waals surface area contributed by atoms with Gasteiger partial charge in [0, 0.05) is 34.1 Å². The summed E-state index contributed by atoms with van der Waals surface area (Å²) in [6, 6.07) is 10.5. The van der Waals surface area contributed by atoms with Crippen molar-refractivity contribution in [2.45, 2.75) is 32.2 Å². The maximum absolute atomic E-state index is 13.4. The van der Waals surface area contributed by atoms with Gasteiger partial charge in [0.25, 0.3) is 0 Å². The zero-order chi connectivity index (χ0) is 21.7. The number of aromatic nitrogens is 1. The lowest BCUT2D eigenvalue weighted by Gasteiger charge is -2.17. The van der Waals surface area contributed by atoms with E-state index >= 15 is 0 Å². The van der Waals surface area contributed by atoms with Gasteiger partial charge in [-0.05, 0) is 60.7 Å². The van der Waals surface area contributed by atoms with Gasteiger partial charge < -0.3 is 15.0 Å². The molecule has 5 nitrogen and oxygen atoms in total. The van der Waals surface area contributed by atoms with Crippen LogP contribution in [-0.2, 0) is 27.2 Å². The topological polar surface area (TPSA) is 71.2 Å². The van der Waals surface area contributed by atoms with Crippen molar-refractivity contribution in [3.63, 3.8) is 0 Å². The Morgan fingerprint density at radius 1 is 1.17 bits per heavy atom. The van der Waals surface area contributed by atoms with E-state index in [-0.39, 0.29) is 31.2 Å². The van der Waals surface area contributed by atoms with Crippen molar-refractivity contribution in [2.24, 2.45) is 0 Å². The first-order chi connectivity index (χ1) is 14.4. The highest BCUT2D eigenvalue weighted by atomic mass is 35.5. The number of hydrogen-bond donors (Lipinski definition) is 2. The molecule has 30 heavy (non-hydrogen) atoms. The second-order valence-corrected chi connectivity index (χ2v) is 7.62. The fourth-order valence-corrected chi connectivity index (χ4v) is 3.79. The standard InChI is InChI=1S/C22H21Cl2FN2O3/c1-2-30-22(29)20(12-15-10-13-6-7-14(25)11-19(13)26-15)27-21(28)9-8-16-17(23)4-3-5-18(16)24/h3-7,10-11,20,26H,2,8-9,12H2,1H3,(H,27,28). The predicted octanol–water partition coefficient (Wildman–Crippen LogP) is 4.84. The van der Waals surface area contributed by atoms with Gasteiger partial charge in [-0.25, -0.2) is 9.18 Å². The summed E-state index contributed by atoms with van der Waals surface area (Å²) in [6.07, 6.45) is 0.635. The van der Waals surface area contributed by atoms with Crippen molar-refractivity contribution in [1.29, 1.82) is 0 Å². The Bertz CT molecular complexity index is 1050. The summed E-state index contributed by atoms with van der Waals surface area (Å²) >= 11 is 12.3. The molecule has 0 aliphatic heterocycles. The molecule has 158 valence electrons. The van der Waals surface area contributed by atoms with Crippen LogP contribution in [0, 0.1) is 5.82 Å². The summed E-state index contributed by atoms with van der Waals surface area (Å²) < 4.78 is 18.5. The third kappa shape index (κ3) is 5.52. The Kier molecular flexibility index (Phi) is 7.34. The summed E-state index contributed by atoms with van der Waals surface area (Å²) in [7, 11) is 0. The third-order valence-corrected chi connectivity index (χ3v) is 5.34. The zero-order valence-electron chi connectivity index (χ0n) is 16.3. The minimum atomic E-state index is -0.878. The molecule has 0 saturated heterocycles. The van der Waals surface area contributed by atoms with Crippen molar-refractivity contribution in [2.75, 3.05) is 6.61 Å². The van der Waals surface area contributed by atoms with Crippen LogP contribution in [0.15, 0.2) is 42.5 Å². The van der Waals surface area contributed by atoms with Crippen LogP contribution in [0.5, 0.6) is 0 Å². The van der Waals surface area contributed by atoms with Crippen LogP contribution in [0.25, 0.3) is 10.9 Å². The molecule has 1 amide bonds. The smallest absolute Gasteiger partial charge is 0.329 e. The molecule has 3 aromatic rings. The van der Waals surface area contributed by atoms with E-state index in [4.69, 9.17) is 27.9 Å². The van der Waals surface area contributed by atoms with E-state index in [9.17, 15) is 14.0 Å². The van der Waals surface area contributed by atoms with Gasteiger partial charge in [0.2, 0.25) is 5.91 Å². The van der Waals surface area contributed by atoms with E-state index < -0.39 is 12.0 Å². The Morgan fingerprint density at radius 2 is 1.90 bits per heavy atom. The molecule has 0 bridgehead atoms. The minimum absolute atomic E-state index is 0.108. The second-order valence-electron chi connectivity index (χ2n) is 6.80. The molecule has 0 saturated carbocycles. The van der Waals surface area contributed by atoms with Crippen LogP contribution >= 0.6 is 23.2 Å². The van der Waals surface area contributed by atoms with E-state index in [0.29, 0.717) is 33.2 Å². The first-order valence-electron chi connectivity index (χ1n) is 9.53. The van der Waals surface area contributed by atoms with Crippen molar-refractivity contribution in [1.82, 2.24) is 10.3 Å². The summed E-state index contributed by atoms with van der Waals surface area (Å²) in [5.41, 5.74) is 1.98. The molecule has 3 rings (SSSR count). The number of fused-ring (bicyclic) bond motifs is 1. The highest BCUT2D eigenvalue weighted by molar-refractivity contribution is 6.36. The number of aromatic amines is 1. The van der Waals surface area contributed by atoms with Gasteiger partial charge in [-0.15, -0.1) is 0 Å². The summed E-state index contributed by atoms with van der Waals surface area (Å²) in [6.45, 7) is 1.89. The Morgan fingerprint density at radius 3 is 2.60 bits per heavy atom. The molecule has 0 fully saturated rings. The molecule has 1 aromatic heterocycles. The lowest BCUT2D eigenvalue weighted by molar-refractivity contribution is -0.147. The lowest BCUT2D eigenvalue weighted by Crippen LogP contribution is -2.43. The molecular formula is C22H21Cl2FN2O3. The molecule has 0 aliphatic carbocycles. The number of benzene rings is 2. The van der Waals surface area contributed by atoms with Crippen LogP contribution in [0.4, 0.5) is 4.39 Å². The zero-order valence-corrected chi connectivity index (χ0v) is 17.8. The summed E-state index contributed by atoms with van der Waals surface area (Å²) in [5.74, 6) is -1.22. The quantitative estimate of drug-likeness (QED) is 0.482. The number of hydrogen-bond acceptors (Lipinski definition) is 3. The second kappa shape index (κ2) is 9.96. The summed E-state index contributed by atoms with van der Waals surface area (Å²) in [4.78, 5) is 28.0. The first-order valence-corrected chi connectivity index (χ1v) is 10.3. The predicted molar refractivity (Wildman–Crippen MR) is 115 cm³/mol. The highest BCUT2D eigenvalue weighted by Crippen LogP contribution is 2.25. The number of rotatable bonds is 8. The van der Waals surface area contributed by atoms with E-state index in [1.807, 2.05) is 6.07 Å². The number of carbonyl (C=O) groups is 2. The Labute approximate surface area is 183 Å². The SMILES string of the molecule is CCOC(=O)C(Cc1cc2ccc(F)cc2[nH]1)NC(=O)CCc1c(Cl)cccc1Cl. The first kappa shape index (κ1) is 22.1. The van der Waals surface area contributed by atoms with E-state index in [2.05, 4.69) is 10.3 Å². The van der Waals surface area contributed by atoms with Crippen molar-refractivity contribution in [3.8, 4) is 0 Å². The van der Waals surface area contributed by atoms with Crippen molar-refractivity contribution >= 4 is 46.0 Å². The van der Waals surface area contributed by atoms with Gasteiger partial charge in [-0.1, -0.05) is 29.3 Å². The van der Waals surface area contributed by atoms with Crippen LogP contribution < -0.4 is 5.32 Å². The molecule has 0 aliphatic rings. The summed E-state index contributed by atoms with van der Waals surface area (Å²) in [5, 5.41) is 4.51. The molecule has 1 atom stereocenters. The highest BCUT2D eigenvalue weighted by Gasteiger charge is 2.23. The monoisotopic (exact) mass is 450 g/mol. The average molecular weight is 451 g/mol. The molecular weight excluding hydrogens is 430 g/mol. The number of nitrogens with one attached hydrogen (secondary N) is 2. The normalized spacial score (nSPS) is 12.0. The van der Waals surface area contributed by atoms with Gasteiger partial charge in [0.05, 0.1) is 6.61 Å². The minimum Gasteiger partial charge on any atom is -0.464 e. The maximum atomic E-state index is 13.4. The van der Waals surface area contributed by atoms with Crippen molar-refractivity contribution < 1.29 is 18.7 Å².